The van der Waals surface area contributed by atoms with Crippen LogP contribution in [0.3, 0.4) is 0 Å². The number of aromatic nitrogens is 2. The molecule has 0 saturated carbocycles. The fourth-order valence-electron chi connectivity index (χ4n) is 0.605. The second-order valence-corrected chi connectivity index (χ2v) is 1.84. The molecule has 1 aromatic heterocycles. The summed E-state index contributed by atoms with van der Waals surface area (Å²) in [6, 6.07) is 2.80. The van der Waals surface area contributed by atoms with Gasteiger partial charge in [0.25, 0.3) is 0 Å². The van der Waals surface area contributed by atoms with Crippen LogP contribution in [0.2, 0.25) is 0 Å². The minimum Gasteiger partial charge on any atom is -0.533 e. The minimum absolute atomic E-state index is 0.902. The van der Waals surface area contributed by atoms with E-state index in [1.165, 1.54) is 0 Å². The fourth-order valence-corrected chi connectivity index (χ4v) is 0.605. The summed E-state index contributed by atoms with van der Waals surface area (Å²) in [5.41, 5.74) is 0.902. The highest BCUT2D eigenvalue weighted by atomic mass is 15.1. The van der Waals surface area contributed by atoms with Gasteiger partial charge in [0.05, 0.1) is 19.0 Å². The molecule has 0 aliphatic carbocycles. The van der Waals surface area contributed by atoms with E-state index in [4.69, 9.17) is 0 Å². The first-order chi connectivity index (χ1) is 4.43. The van der Waals surface area contributed by atoms with Crippen LogP contribution >= 0.6 is 0 Å². The Labute approximate surface area is 55.3 Å². The molecule has 0 saturated heterocycles. The molecule has 0 unspecified atom stereocenters. The Hall–Kier alpha value is -1.10. The lowest BCUT2D eigenvalue weighted by atomic mass is 10.2. The van der Waals surface area contributed by atoms with Gasteiger partial charge in [0.1, 0.15) is 0 Å². The van der Waals surface area contributed by atoms with Gasteiger partial charge in [-0.3, -0.25) is 0 Å². The van der Waals surface area contributed by atoms with Gasteiger partial charge >= 0.3 is 0 Å². The molecule has 2 heteroatoms. The minimum atomic E-state index is 0.902. The molecule has 2 nitrogen and oxygen atoms in total. The van der Waals surface area contributed by atoms with E-state index in [9.17, 15) is 0 Å². The highest BCUT2D eigenvalue weighted by Gasteiger charge is 1.88. The van der Waals surface area contributed by atoms with Crippen molar-refractivity contribution in [2.24, 2.45) is 0 Å². The second kappa shape index (κ2) is 3.03. The van der Waals surface area contributed by atoms with E-state index in [-0.39, 0.29) is 0 Å². The third-order valence-electron chi connectivity index (χ3n) is 1.08. The van der Waals surface area contributed by atoms with E-state index in [1.54, 1.807) is 0 Å². The van der Waals surface area contributed by atoms with Crippen molar-refractivity contribution in [2.75, 3.05) is 0 Å². The third kappa shape index (κ3) is 1.69. The van der Waals surface area contributed by atoms with E-state index in [2.05, 4.69) is 29.4 Å². The first-order valence-electron chi connectivity index (χ1n) is 3.00. The molecule has 0 amide bonds. The van der Waals surface area contributed by atoms with Crippen molar-refractivity contribution in [3.05, 3.63) is 24.9 Å². The lowest BCUT2D eigenvalue weighted by Gasteiger charge is -1.89. The SMILES string of the molecule is [CH2+]CCCc1c#c[n-]n1. The van der Waals surface area contributed by atoms with E-state index in [0.717, 1.165) is 25.0 Å². The summed E-state index contributed by atoms with van der Waals surface area (Å²) in [5.74, 6) is 0. The number of hydrogen-bond donors (Lipinski definition) is 0. The van der Waals surface area contributed by atoms with Gasteiger partial charge in [-0.2, -0.15) is 6.20 Å². The number of unbranched alkanes of at least 4 members (excludes halogenated alkanes) is 1. The normalized spacial score (nSPS) is 8.89. The van der Waals surface area contributed by atoms with E-state index < -0.39 is 0 Å². The molecule has 0 N–H and O–H groups in total. The van der Waals surface area contributed by atoms with Crippen LogP contribution in [-0.2, 0) is 6.42 Å². The molecule has 0 fully saturated rings. The monoisotopic (exact) mass is 120 g/mol. The van der Waals surface area contributed by atoms with Crippen LogP contribution in [0, 0.1) is 19.2 Å². The molecule has 0 bridgehead atoms. The van der Waals surface area contributed by atoms with Crippen LogP contribution in [0.1, 0.15) is 18.5 Å². The molecule has 1 aromatic rings. The Balaban J connectivity index is 2.30. The molecule has 0 aliphatic rings. The predicted octanol–water partition coefficient (Wildman–Crippen LogP) is 0.796. The maximum Gasteiger partial charge on any atom is 0.0854 e. The van der Waals surface area contributed by atoms with Gasteiger partial charge in [-0.1, -0.05) is 6.07 Å². The molecule has 0 aromatic carbocycles. The second-order valence-electron chi connectivity index (χ2n) is 1.84. The van der Waals surface area contributed by atoms with Crippen molar-refractivity contribution in [1.82, 2.24) is 10.2 Å². The lowest BCUT2D eigenvalue weighted by Crippen LogP contribution is -1.84. The summed E-state index contributed by atoms with van der Waals surface area (Å²) < 4.78 is 0. The van der Waals surface area contributed by atoms with Crippen LogP contribution in [0.4, 0.5) is 0 Å². The molecule has 46 valence electrons. The average Bonchev–Trinajstić information content (AvgIpc) is 2.34. The van der Waals surface area contributed by atoms with Gasteiger partial charge in [0.2, 0.25) is 0 Å². The third-order valence-corrected chi connectivity index (χ3v) is 1.08. The Morgan fingerprint density at radius 2 is 2.56 bits per heavy atom. The van der Waals surface area contributed by atoms with Gasteiger partial charge < -0.3 is 10.2 Å². The predicted molar refractivity (Wildman–Crippen MR) is 33.5 cm³/mol. The molecule has 0 aliphatic heterocycles. The van der Waals surface area contributed by atoms with Crippen LogP contribution in [0.25, 0.3) is 0 Å². The van der Waals surface area contributed by atoms with Gasteiger partial charge in [-0.15, -0.1) is 0 Å². The van der Waals surface area contributed by atoms with Crippen molar-refractivity contribution < 1.29 is 0 Å². The zero-order valence-electron chi connectivity index (χ0n) is 5.22. The van der Waals surface area contributed by atoms with Crippen molar-refractivity contribution in [1.29, 1.82) is 0 Å². The maximum atomic E-state index is 3.76. The van der Waals surface area contributed by atoms with Crippen LogP contribution < -0.4 is 5.10 Å². The molecule has 9 heavy (non-hydrogen) atoms. The Kier molecular flexibility index (Phi) is 2.03. The first kappa shape index (κ1) is 6.03. The van der Waals surface area contributed by atoms with Crippen molar-refractivity contribution >= 4 is 0 Å². The van der Waals surface area contributed by atoms with E-state index in [0.29, 0.717) is 0 Å². The summed E-state index contributed by atoms with van der Waals surface area (Å²) in [6.07, 6.45) is 5.47. The Morgan fingerprint density at radius 3 is 3.11 bits per heavy atom. The molecule has 0 spiro atoms. The summed E-state index contributed by atoms with van der Waals surface area (Å²) in [7, 11) is 0. The highest BCUT2D eigenvalue weighted by molar-refractivity contribution is 4.87. The molecule has 0 atom stereocenters. The smallest absolute Gasteiger partial charge is 0.0854 e. The van der Waals surface area contributed by atoms with Crippen LogP contribution in [0.15, 0.2) is 0 Å². The Morgan fingerprint density at radius 1 is 1.67 bits per heavy atom. The number of nitrogens with zero attached hydrogens (tertiary/aromatic N) is 2. The number of rotatable bonds is 3. The first-order valence-corrected chi connectivity index (χ1v) is 3.00. The zero-order valence-corrected chi connectivity index (χ0v) is 5.22. The molecule has 1 rings (SSSR count). The van der Waals surface area contributed by atoms with Crippen molar-refractivity contribution in [2.45, 2.75) is 19.3 Å². The van der Waals surface area contributed by atoms with Crippen LogP contribution in [-0.4, -0.2) is 5.10 Å². The summed E-state index contributed by atoms with van der Waals surface area (Å²) in [4.78, 5) is 0. The van der Waals surface area contributed by atoms with Gasteiger partial charge in [0.15, 0.2) is 0 Å². The molecular formula is C7H8N2. The topological polar surface area (TPSA) is 27.0 Å². The number of hydrogen-bond acceptors (Lipinski definition) is 1. The van der Waals surface area contributed by atoms with Gasteiger partial charge in [0, 0.05) is 6.42 Å². The van der Waals surface area contributed by atoms with Crippen molar-refractivity contribution in [3.63, 3.8) is 0 Å². The average molecular weight is 120 g/mol. The summed E-state index contributed by atoms with van der Waals surface area (Å²) in [6.45, 7) is 3.71. The van der Waals surface area contributed by atoms with E-state index in [1.807, 2.05) is 0 Å². The molecule has 1 heterocycles. The van der Waals surface area contributed by atoms with Crippen molar-refractivity contribution in [3.8, 4) is 0 Å². The molecular weight excluding hydrogens is 112 g/mol. The quantitative estimate of drug-likeness (QED) is 0.551. The standard InChI is InChI=1S/C7H8N2/c1-2-3-4-7-5-6-8-9-7/h1-4H2. The lowest BCUT2D eigenvalue weighted by molar-refractivity contribution is 0.803. The fraction of sp³-hybridized carbons (Fsp3) is 0.429. The summed E-state index contributed by atoms with van der Waals surface area (Å²) >= 11 is 0. The van der Waals surface area contributed by atoms with Gasteiger partial charge in [-0.25, -0.2) is 0 Å². The zero-order chi connectivity index (χ0) is 6.53. The largest absolute Gasteiger partial charge is 0.533 e. The highest BCUT2D eigenvalue weighted by Crippen LogP contribution is 1.94. The van der Waals surface area contributed by atoms with Crippen LogP contribution in [0.5, 0.6) is 0 Å². The maximum absolute atomic E-state index is 3.76. The molecule has 0 radical (unpaired) electrons. The summed E-state index contributed by atoms with van der Waals surface area (Å²) in [5, 5.41) is 7.29. The number of aryl methyl sites for hydroxylation is 1. The van der Waals surface area contributed by atoms with Gasteiger partial charge in [-0.05, 0) is 6.42 Å². The van der Waals surface area contributed by atoms with E-state index >= 15 is 0 Å². The Bertz CT molecular complexity index is 144.